The standard InChI is InChI=1S/C17H14F3N5O4/c1-21-16(27)13(11(9-25(28)29)10-6-4-3-5-7-10)22-15(26)12-8-24(2)23-14(12)17(18,19)20/h3-9H,1-2H3,(H,21,27)/b11-9+,22-13?. The molecule has 0 aliphatic rings. The topological polar surface area (TPSA) is 119 Å². The predicted octanol–water partition coefficient (Wildman–Crippen LogP) is 2.08. The highest BCUT2D eigenvalue weighted by atomic mass is 19.4. The maximum absolute atomic E-state index is 13.1. The monoisotopic (exact) mass is 409 g/mol. The number of aromatic nitrogens is 2. The van der Waals surface area contributed by atoms with Crippen LogP contribution in [0.5, 0.6) is 0 Å². The number of aliphatic imine (C=N–C) groups is 1. The summed E-state index contributed by atoms with van der Waals surface area (Å²) in [7, 11) is 2.36. The Kier molecular flexibility index (Phi) is 6.26. The molecule has 0 aliphatic heterocycles. The molecular formula is C17H14F3N5O4. The Bertz CT molecular complexity index is 1010. The summed E-state index contributed by atoms with van der Waals surface area (Å²) in [6.07, 6.45) is -3.69. The fourth-order valence-electron chi connectivity index (χ4n) is 2.36. The van der Waals surface area contributed by atoms with Crippen LogP contribution in [0.1, 0.15) is 21.6 Å². The average Bonchev–Trinajstić information content (AvgIpc) is 3.06. The molecule has 9 nitrogen and oxygen atoms in total. The van der Waals surface area contributed by atoms with Gasteiger partial charge in [0.1, 0.15) is 5.71 Å². The number of hydrogen-bond acceptors (Lipinski definition) is 5. The first-order chi connectivity index (χ1) is 13.5. The van der Waals surface area contributed by atoms with E-state index in [0.29, 0.717) is 6.20 Å². The SMILES string of the molecule is CNC(=O)C(=NC(=O)c1cn(C)nc1C(F)(F)F)/C(=C/[N+](=O)[O-])c1ccccc1. The average molecular weight is 409 g/mol. The van der Waals surface area contributed by atoms with E-state index in [9.17, 15) is 32.9 Å². The molecule has 1 N–H and O–H groups in total. The molecule has 0 fully saturated rings. The molecule has 1 aromatic carbocycles. The summed E-state index contributed by atoms with van der Waals surface area (Å²) in [4.78, 5) is 38.4. The van der Waals surface area contributed by atoms with Gasteiger partial charge in [-0.05, 0) is 5.56 Å². The number of nitrogens with one attached hydrogen (secondary N) is 1. The molecule has 12 heteroatoms. The first-order valence-electron chi connectivity index (χ1n) is 7.91. The minimum absolute atomic E-state index is 0.168. The van der Waals surface area contributed by atoms with Crippen molar-refractivity contribution in [1.82, 2.24) is 15.1 Å². The van der Waals surface area contributed by atoms with E-state index >= 15 is 0 Å². The van der Waals surface area contributed by atoms with E-state index in [1.165, 1.54) is 38.4 Å². The number of carbonyl (C=O) groups is 2. The highest BCUT2D eigenvalue weighted by molar-refractivity contribution is 6.56. The molecule has 0 radical (unpaired) electrons. The number of rotatable bonds is 5. The third kappa shape index (κ3) is 5.12. The maximum atomic E-state index is 13.1. The van der Waals surface area contributed by atoms with Crippen molar-refractivity contribution in [2.24, 2.45) is 12.0 Å². The summed E-state index contributed by atoms with van der Waals surface area (Å²) in [5, 5.41) is 16.4. The lowest BCUT2D eigenvalue weighted by molar-refractivity contribution is -0.401. The molecule has 2 aromatic rings. The molecule has 0 atom stereocenters. The van der Waals surface area contributed by atoms with Crippen LogP contribution in [0.25, 0.3) is 5.57 Å². The number of carbonyl (C=O) groups excluding carboxylic acids is 2. The molecule has 1 aromatic heterocycles. The molecule has 152 valence electrons. The van der Waals surface area contributed by atoms with Crippen LogP contribution in [0, 0.1) is 10.1 Å². The highest BCUT2D eigenvalue weighted by Crippen LogP contribution is 2.31. The Balaban J connectivity index is 2.66. The zero-order chi connectivity index (χ0) is 21.8. The highest BCUT2D eigenvalue weighted by Gasteiger charge is 2.39. The van der Waals surface area contributed by atoms with E-state index in [-0.39, 0.29) is 11.1 Å². The largest absolute Gasteiger partial charge is 0.435 e. The number of halogens is 3. The molecule has 0 spiro atoms. The van der Waals surface area contributed by atoms with Crippen LogP contribution in [-0.4, -0.2) is 39.3 Å². The second-order valence-corrected chi connectivity index (χ2v) is 5.60. The Morgan fingerprint density at radius 3 is 2.41 bits per heavy atom. The molecular weight excluding hydrogens is 395 g/mol. The van der Waals surface area contributed by atoms with Gasteiger partial charge in [-0.2, -0.15) is 18.3 Å². The van der Waals surface area contributed by atoms with Crippen molar-refractivity contribution in [3.63, 3.8) is 0 Å². The first-order valence-corrected chi connectivity index (χ1v) is 7.91. The molecule has 0 bridgehead atoms. The lowest BCUT2D eigenvalue weighted by atomic mass is 10.0. The van der Waals surface area contributed by atoms with Gasteiger partial charge in [0.25, 0.3) is 11.8 Å². The first kappa shape index (κ1) is 21.5. The van der Waals surface area contributed by atoms with Gasteiger partial charge in [0, 0.05) is 20.3 Å². The minimum atomic E-state index is -4.94. The molecule has 29 heavy (non-hydrogen) atoms. The van der Waals surface area contributed by atoms with Crippen molar-refractivity contribution in [2.45, 2.75) is 6.18 Å². The second-order valence-electron chi connectivity index (χ2n) is 5.60. The Morgan fingerprint density at radius 1 is 1.28 bits per heavy atom. The lowest BCUT2D eigenvalue weighted by Crippen LogP contribution is -2.30. The molecule has 2 rings (SSSR count). The van der Waals surface area contributed by atoms with E-state index in [1.54, 1.807) is 6.07 Å². The zero-order valence-corrected chi connectivity index (χ0v) is 15.1. The number of alkyl halides is 3. The van der Waals surface area contributed by atoms with E-state index in [1.807, 2.05) is 0 Å². The zero-order valence-electron chi connectivity index (χ0n) is 15.1. The van der Waals surface area contributed by atoms with Crippen LogP contribution < -0.4 is 5.32 Å². The van der Waals surface area contributed by atoms with Gasteiger partial charge >= 0.3 is 6.18 Å². The summed E-state index contributed by atoms with van der Waals surface area (Å²) in [6.45, 7) is 0. The number of amides is 2. The van der Waals surface area contributed by atoms with Crippen LogP contribution in [0.2, 0.25) is 0 Å². The van der Waals surface area contributed by atoms with Gasteiger partial charge in [-0.25, -0.2) is 4.99 Å². The quantitative estimate of drug-likeness (QED) is 0.461. The maximum Gasteiger partial charge on any atom is 0.435 e. The van der Waals surface area contributed by atoms with E-state index in [0.717, 1.165) is 10.9 Å². The van der Waals surface area contributed by atoms with Crippen molar-refractivity contribution in [3.8, 4) is 0 Å². The van der Waals surface area contributed by atoms with E-state index < -0.39 is 39.9 Å². The predicted molar refractivity (Wildman–Crippen MR) is 95.5 cm³/mol. The fraction of sp³-hybridized carbons (Fsp3) is 0.176. The third-order valence-corrected chi connectivity index (χ3v) is 3.56. The van der Waals surface area contributed by atoms with Gasteiger partial charge in [-0.3, -0.25) is 24.4 Å². The van der Waals surface area contributed by atoms with Crippen LogP contribution >= 0.6 is 0 Å². The van der Waals surface area contributed by atoms with Crippen LogP contribution in [0.4, 0.5) is 13.2 Å². The minimum Gasteiger partial charge on any atom is -0.354 e. The van der Waals surface area contributed by atoms with Gasteiger partial charge in [0.15, 0.2) is 5.69 Å². The van der Waals surface area contributed by atoms with Crippen molar-refractivity contribution < 1.29 is 27.7 Å². The van der Waals surface area contributed by atoms with Crippen molar-refractivity contribution in [2.75, 3.05) is 7.05 Å². The Morgan fingerprint density at radius 2 is 1.90 bits per heavy atom. The Labute approximate surface area is 161 Å². The summed E-state index contributed by atoms with van der Waals surface area (Å²) in [5.74, 6) is -2.41. The summed E-state index contributed by atoms with van der Waals surface area (Å²) < 4.78 is 40.1. The van der Waals surface area contributed by atoms with Crippen LogP contribution in [0.15, 0.2) is 47.7 Å². The molecule has 0 aliphatic carbocycles. The number of nitrogens with zero attached hydrogens (tertiary/aromatic N) is 4. The van der Waals surface area contributed by atoms with Crippen molar-refractivity contribution in [3.05, 3.63) is 69.7 Å². The molecule has 0 saturated heterocycles. The molecule has 1 heterocycles. The van der Waals surface area contributed by atoms with Gasteiger partial charge in [-0.1, -0.05) is 30.3 Å². The summed E-state index contributed by atoms with van der Waals surface area (Å²) >= 11 is 0. The van der Waals surface area contributed by atoms with Crippen molar-refractivity contribution >= 4 is 23.1 Å². The normalized spacial score (nSPS) is 12.6. The van der Waals surface area contributed by atoms with Gasteiger partial charge in [0.2, 0.25) is 6.20 Å². The van der Waals surface area contributed by atoms with Crippen LogP contribution in [0.3, 0.4) is 0 Å². The van der Waals surface area contributed by atoms with E-state index in [4.69, 9.17) is 0 Å². The molecule has 2 amide bonds. The number of benzene rings is 1. The number of aryl methyl sites for hydroxylation is 1. The third-order valence-electron chi connectivity index (χ3n) is 3.56. The van der Waals surface area contributed by atoms with Gasteiger partial charge in [-0.15, -0.1) is 0 Å². The van der Waals surface area contributed by atoms with Crippen molar-refractivity contribution in [1.29, 1.82) is 0 Å². The number of hydrogen-bond donors (Lipinski definition) is 1. The fourth-order valence-corrected chi connectivity index (χ4v) is 2.36. The second kappa shape index (κ2) is 8.46. The molecule has 0 saturated carbocycles. The Hall–Kier alpha value is -3.83. The summed E-state index contributed by atoms with van der Waals surface area (Å²) in [5.41, 5.74) is -3.26. The number of nitro groups is 1. The lowest BCUT2D eigenvalue weighted by Gasteiger charge is -2.08. The van der Waals surface area contributed by atoms with E-state index in [2.05, 4.69) is 15.4 Å². The van der Waals surface area contributed by atoms with Gasteiger partial charge in [0.05, 0.1) is 16.1 Å². The smallest absolute Gasteiger partial charge is 0.354 e. The summed E-state index contributed by atoms with van der Waals surface area (Å²) in [6, 6.07) is 7.50. The van der Waals surface area contributed by atoms with Crippen LogP contribution in [-0.2, 0) is 18.0 Å². The molecule has 0 unspecified atom stereocenters. The van der Waals surface area contributed by atoms with Gasteiger partial charge < -0.3 is 5.32 Å².